The molecule has 0 spiro atoms. The molecule has 11 nitrogen and oxygen atoms in total. The summed E-state index contributed by atoms with van der Waals surface area (Å²) in [6, 6.07) is 7.47. The zero-order valence-corrected chi connectivity index (χ0v) is 14.7. The second kappa shape index (κ2) is 6.92. The van der Waals surface area contributed by atoms with Crippen LogP contribution in [-0.2, 0) is 4.79 Å². The van der Waals surface area contributed by atoms with E-state index in [4.69, 9.17) is 0 Å². The molecule has 0 radical (unpaired) electrons. The largest absolute Gasteiger partial charge is 0.320 e. The number of fused-ring (bicyclic) bond motifs is 1. The third-order valence-corrected chi connectivity index (χ3v) is 4.05. The number of carbonyl (C=O) groups is 2. The number of carbonyl (C=O) groups excluding carboxylic acids is 2. The average Bonchev–Trinajstić information content (AvgIpc) is 2.93. The number of amides is 2. The van der Waals surface area contributed by atoms with Gasteiger partial charge in [0.15, 0.2) is 5.71 Å². The molecular formula is C15H8BrN5O6. The summed E-state index contributed by atoms with van der Waals surface area (Å²) in [6.07, 6.45) is 0. The fourth-order valence-corrected chi connectivity index (χ4v) is 2.71. The summed E-state index contributed by atoms with van der Waals surface area (Å²) in [5.74, 6) is -1.49. The Morgan fingerprint density at radius 2 is 1.70 bits per heavy atom. The number of nitro groups is 2. The van der Waals surface area contributed by atoms with E-state index >= 15 is 0 Å². The van der Waals surface area contributed by atoms with Crippen molar-refractivity contribution in [2.45, 2.75) is 0 Å². The Kier molecular flexibility index (Phi) is 4.64. The summed E-state index contributed by atoms with van der Waals surface area (Å²) in [5.41, 5.74) is 1.40. The highest BCUT2D eigenvalue weighted by Crippen LogP contribution is 2.27. The molecule has 2 aromatic rings. The molecule has 0 aromatic heterocycles. The van der Waals surface area contributed by atoms with E-state index in [-0.39, 0.29) is 11.3 Å². The molecule has 1 aliphatic rings. The lowest BCUT2D eigenvalue weighted by Crippen LogP contribution is -2.23. The molecule has 3 rings (SSSR count). The zero-order chi connectivity index (χ0) is 19.7. The SMILES string of the molecule is O=C1Nc2ccc(Br)cc2/C1=N/NC(=O)c1cc([N+](=O)[O-])cc([N+](=O)[O-])c1. The number of hydrogen-bond donors (Lipinski definition) is 2. The van der Waals surface area contributed by atoms with Gasteiger partial charge in [0.2, 0.25) is 0 Å². The van der Waals surface area contributed by atoms with Crippen molar-refractivity contribution in [1.82, 2.24) is 5.43 Å². The van der Waals surface area contributed by atoms with Gasteiger partial charge < -0.3 is 5.32 Å². The van der Waals surface area contributed by atoms with E-state index in [0.717, 1.165) is 18.2 Å². The molecule has 0 saturated carbocycles. The maximum atomic E-state index is 12.2. The van der Waals surface area contributed by atoms with Crippen molar-refractivity contribution >= 4 is 50.5 Å². The standard InChI is InChI=1S/C15H8BrN5O6/c16-8-1-2-12-11(5-8)13(15(23)17-12)18-19-14(22)7-3-9(20(24)25)6-10(4-7)21(26)27/h1-6H,(H,19,22)(H,17,18,23). The van der Waals surface area contributed by atoms with Crippen LogP contribution in [0, 0.1) is 20.2 Å². The molecule has 1 heterocycles. The van der Waals surface area contributed by atoms with Crippen LogP contribution in [0.2, 0.25) is 0 Å². The van der Waals surface area contributed by atoms with Crippen LogP contribution >= 0.6 is 15.9 Å². The quantitative estimate of drug-likeness (QED) is 0.556. The van der Waals surface area contributed by atoms with E-state index < -0.39 is 33.0 Å². The third-order valence-electron chi connectivity index (χ3n) is 3.56. The lowest BCUT2D eigenvalue weighted by molar-refractivity contribution is -0.394. The summed E-state index contributed by atoms with van der Waals surface area (Å²) in [5, 5.41) is 28.1. The Labute approximate surface area is 158 Å². The summed E-state index contributed by atoms with van der Waals surface area (Å²) < 4.78 is 0.686. The molecule has 0 aliphatic carbocycles. The Balaban J connectivity index is 1.92. The van der Waals surface area contributed by atoms with Crippen molar-refractivity contribution in [3.05, 3.63) is 72.2 Å². The lowest BCUT2D eigenvalue weighted by atomic mass is 10.1. The smallest absolute Gasteiger partial charge is 0.277 e. The van der Waals surface area contributed by atoms with Crippen molar-refractivity contribution in [2.75, 3.05) is 5.32 Å². The fraction of sp³-hybridized carbons (Fsp3) is 0. The van der Waals surface area contributed by atoms with Crippen molar-refractivity contribution in [2.24, 2.45) is 5.10 Å². The highest BCUT2D eigenvalue weighted by molar-refractivity contribution is 9.10. The third kappa shape index (κ3) is 3.64. The van der Waals surface area contributed by atoms with Gasteiger partial charge in [-0.15, -0.1) is 0 Å². The highest BCUT2D eigenvalue weighted by Gasteiger charge is 2.27. The summed E-state index contributed by atoms with van der Waals surface area (Å²) in [7, 11) is 0. The van der Waals surface area contributed by atoms with Gasteiger partial charge in [-0.2, -0.15) is 5.10 Å². The van der Waals surface area contributed by atoms with Crippen molar-refractivity contribution in [3.8, 4) is 0 Å². The van der Waals surface area contributed by atoms with Gasteiger partial charge in [-0.05, 0) is 18.2 Å². The predicted molar refractivity (Wildman–Crippen MR) is 96.5 cm³/mol. The Morgan fingerprint density at radius 3 is 2.30 bits per heavy atom. The first-order valence-electron chi connectivity index (χ1n) is 7.19. The Bertz CT molecular complexity index is 1020. The van der Waals surface area contributed by atoms with Gasteiger partial charge in [-0.3, -0.25) is 29.8 Å². The normalized spacial score (nSPS) is 13.8. The second-order valence-corrected chi connectivity index (χ2v) is 6.21. The van der Waals surface area contributed by atoms with Crippen LogP contribution in [-0.4, -0.2) is 27.4 Å². The Hall–Kier alpha value is -3.67. The molecule has 0 unspecified atom stereocenters. The fourth-order valence-electron chi connectivity index (χ4n) is 2.34. The summed E-state index contributed by atoms with van der Waals surface area (Å²) >= 11 is 3.26. The number of nitro benzene ring substituents is 2. The van der Waals surface area contributed by atoms with Crippen molar-refractivity contribution < 1.29 is 19.4 Å². The van der Waals surface area contributed by atoms with E-state index in [1.807, 2.05) is 0 Å². The molecular weight excluding hydrogens is 426 g/mol. The minimum absolute atomic E-state index is 0.0698. The molecule has 0 bridgehead atoms. The first-order chi connectivity index (χ1) is 12.8. The maximum absolute atomic E-state index is 12.2. The second-order valence-electron chi connectivity index (χ2n) is 5.30. The van der Waals surface area contributed by atoms with Crippen LogP contribution < -0.4 is 10.7 Å². The van der Waals surface area contributed by atoms with Crippen LogP contribution in [0.25, 0.3) is 0 Å². The number of halogens is 1. The summed E-state index contributed by atoms with van der Waals surface area (Å²) in [4.78, 5) is 44.3. The van der Waals surface area contributed by atoms with E-state index in [1.54, 1.807) is 18.2 Å². The molecule has 1 aliphatic heterocycles. The Morgan fingerprint density at radius 1 is 1.07 bits per heavy atom. The van der Waals surface area contributed by atoms with Gasteiger partial charge in [-0.1, -0.05) is 15.9 Å². The van der Waals surface area contributed by atoms with Gasteiger partial charge in [0.05, 0.1) is 27.2 Å². The molecule has 0 atom stereocenters. The lowest BCUT2D eigenvalue weighted by Gasteiger charge is -2.02. The highest BCUT2D eigenvalue weighted by atomic mass is 79.9. The van der Waals surface area contributed by atoms with Crippen molar-refractivity contribution in [1.29, 1.82) is 0 Å². The first kappa shape index (κ1) is 18.1. The van der Waals surface area contributed by atoms with E-state index in [9.17, 15) is 29.8 Å². The van der Waals surface area contributed by atoms with E-state index in [0.29, 0.717) is 15.7 Å². The number of hydrogen-bond acceptors (Lipinski definition) is 7. The number of nitrogens with one attached hydrogen (secondary N) is 2. The molecule has 12 heteroatoms. The van der Waals surface area contributed by atoms with Crippen LogP contribution in [0.4, 0.5) is 17.1 Å². The van der Waals surface area contributed by atoms with Gasteiger partial charge in [0, 0.05) is 22.2 Å². The van der Waals surface area contributed by atoms with E-state index in [2.05, 4.69) is 31.8 Å². The molecule has 2 aromatic carbocycles. The number of non-ortho nitro benzene ring substituents is 2. The topological polar surface area (TPSA) is 157 Å². The van der Waals surface area contributed by atoms with Crippen LogP contribution in [0.5, 0.6) is 0 Å². The van der Waals surface area contributed by atoms with Gasteiger partial charge in [0.25, 0.3) is 23.2 Å². The number of benzene rings is 2. The van der Waals surface area contributed by atoms with Crippen molar-refractivity contribution in [3.63, 3.8) is 0 Å². The number of hydrazone groups is 1. The van der Waals surface area contributed by atoms with Crippen LogP contribution in [0.3, 0.4) is 0 Å². The van der Waals surface area contributed by atoms with Crippen LogP contribution in [0.1, 0.15) is 15.9 Å². The molecule has 2 N–H and O–H groups in total. The van der Waals surface area contributed by atoms with Gasteiger partial charge >= 0.3 is 0 Å². The van der Waals surface area contributed by atoms with E-state index in [1.165, 1.54) is 0 Å². The number of nitrogens with zero attached hydrogens (tertiary/aromatic N) is 3. The minimum Gasteiger partial charge on any atom is -0.320 e. The molecule has 136 valence electrons. The molecule has 0 saturated heterocycles. The maximum Gasteiger partial charge on any atom is 0.277 e. The predicted octanol–water partition coefficient (Wildman–Crippen LogP) is 2.35. The summed E-state index contributed by atoms with van der Waals surface area (Å²) in [6.45, 7) is 0. The minimum atomic E-state index is -0.939. The monoisotopic (exact) mass is 433 g/mol. The van der Waals surface area contributed by atoms with Crippen LogP contribution in [0.15, 0.2) is 46.0 Å². The first-order valence-corrected chi connectivity index (χ1v) is 7.99. The van der Waals surface area contributed by atoms with Gasteiger partial charge in [0.1, 0.15) is 0 Å². The molecule has 0 fully saturated rings. The number of anilines is 1. The molecule has 2 amide bonds. The number of rotatable bonds is 4. The average molecular weight is 434 g/mol. The molecule has 27 heavy (non-hydrogen) atoms. The zero-order valence-electron chi connectivity index (χ0n) is 13.1. The van der Waals surface area contributed by atoms with Gasteiger partial charge in [-0.25, -0.2) is 5.43 Å².